The first-order chi connectivity index (χ1) is 9.65. The lowest BCUT2D eigenvalue weighted by Crippen LogP contribution is -2.40. The molecule has 0 aromatic rings. The maximum absolute atomic E-state index is 11.4. The van der Waals surface area contributed by atoms with Crippen LogP contribution < -0.4 is 10.6 Å². The molecule has 0 spiro atoms. The number of carbonyl (C=O) groups excluding carboxylic acids is 3. The average molecular weight is 302 g/mol. The molecule has 0 saturated heterocycles. The van der Waals surface area contributed by atoms with E-state index in [1.54, 1.807) is 20.8 Å². The molecule has 0 aromatic carbocycles. The summed E-state index contributed by atoms with van der Waals surface area (Å²) in [5, 5.41) is 5.17. The lowest BCUT2D eigenvalue weighted by atomic mass is 10.1. The van der Waals surface area contributed by atoms with E-state index in [4.69, 9.17) is 4.74 Å². The Morgan fingerprint density at radius 2 is 1.76 bits per heavy atom. The van der Waals surface area contributed by atoms with E-state index in [9.17, 15) is 14.4 Å². The van der Waals surface area contributed by atoms with Crippen LogP contribution in [-0.2, 0) is 19.1 Å². The van der Waals surface area contributed by atoms with Crippen LogP contribution in [0.5, 0.6) is 0 Å². The highest BCUT2D eigenvalue weighted by atomic mass is 16.6. The zero-order valence-electron chi connectivity index (χ0n) is 13.4. The largest absolute Gasteiger partial charge is 0.467 e. The van der Waals surface area contributed by atoms with Crippen LogP contribution in [0.25, 0.3) is 0 Å². The normalized spacial score (nSPS) is 12.2. The second-order valence-electron chi connectivity index (χ2n) is 5.70. The number of hydrogen-bond acceptors (Lipinski definition) is 5. The van der Waals surface area contributed by atoms with Crippen LogP contribution in [-0.4, -0.2) is 43.3 Å². The van der Waals surface area contributed by atoms with Crippen molar-refractivity contribution in [2.75, 3.05) is 13.7 Å². The van der Waals surface area contributed by atoms with Crippen molar-refractivity contribution in [1.82, 2.24) is 10.6 Å². The van der Waals surface area contributed by atoms with Gasteiger partial charge < -0.3 is 20.1 Å². The van der Waals surface area contributed by atoms with Crippen LogP contribution in [0.15, 0.2) is 0 Å². The summed E-state index contributed by atoms with van der Waals surface area (Å²) in [4.78, 5) is 33.8. The summed E-state index contributed by atoms with van der Waals surface area (Å²) in [7, 11) is 1.28. The fourth-order valence-corrected chi connectivity index (χ4v) is 1.61. The van der Waals surface area contributed by atoms with E-state index in [-0.39, 0.29) is 5.91 Å². The first-order valence-corrected chi connectivity index (χ1v) is 6.97. The van der Waals surface area contributed by atoms with Gasteiger partial charge in [-0.05, 0) is 40.0 Å². The number of alkyl carbamates (subject to hydrolysis) is 1. The van der Waals surface area contributed by atoms with Crippen LogP contribution in [0.3, 0.4) is 0 Å². The van der Waals surface area contributed by atoms with Crippen LogP contribution in [0.4, 0.5) is 4.79 Å². The number of rotatable bonds is 7. The maximum Gasteiger partial charge on any atom is 0.407 e. The lowest BCUT2D eigenvalue weighted by molar-refractivity contribution is -0.145. The van der Waals surface area contributed by atoms with E-state index in [1.165, 1.54) is 14.0 Å². The summed E-state index contributed by atoms with van der Waals surface area (Å²) in [6.07, 6.45) is 1.33. The third-order valence-corrected chi connectivity index (χ3v) is 2.45. The van der Waals surface area contributed by atoms with Crippen LogP contribution in [0.2, 0.25) is 0 Å². The fraction of sp³-hybridized carbons (Fsp3) is 0.786. The van der Waals surface area contributed by atoms with E-state index >= 15 is 0 Å². The molecule has 0 aliphatic carbocycles. The van der Waals surface area contributed by atoms with Gasteiger partial charge in [0.25, 0.3) is 0 Å². The van der Waals surface area contributed by atoms with Crippen LogP contribution in [0, 0.1) is 0 Å². The number of methoxy groups -OCH3 is 1. The van der Waals surface area contributed by atoms with Crippen molar-refractivity contribution in [2.24, 2.45) is 0 Å². The van der Waals surface area contributed by atoms with E-state index < -0.39 is 23.7 Å². The van der Waals surface area contributed by atoms with Gasteiger partial charge >= 0.3 is 12.1 Å². The number of carbonyl (C=O) groups is 3. The van der Waals surface area contributed by atoms with Crippen molar-refractivity contribution >= 4 is 18.0 Å². The van der Waals surface area contributed by atoms with Gasteiger partial charge in [-0.3, -0.25) is 4.79 Å². The van der Waals surface area contributed by atoms with Crippen molar-refractivity contribution in [3.05, 3.63) is 0 Å². The van der Waals surface area contributed by atoms with Crippen molar-refractivity contribution < 1.29 is 23.9 Å². The Labute approximate surface area is 125 Å². The predicted octanol–water partition coefficient (Wildman–Crippen LogP) is 1.36. The second kappa shape index (κ2) is 9.20. The number of nitrogens with one attached hydrogen (secondary N) is 2. The fourth-order valence-electron chi connectivity index (χ4n) is 1.61. The van der Waals surface area contributed by atoms with Crippen LogP contribution in [0.1, 0.15) is 47.0 Å². The molecule has 1 atom stereocenters. The van der Waals surface area contributed by atoms with Crippen molar-refractivity contribution in [2.45, 2.75) is 58.6 Å². The summed E-state index contributed by atoms with van der Waals surface area (Å²) in [5.41, 5.74) is -0.522. The molecule has 122 valence electrons. The number of amides is 2. The van der Waals surface area contributed by atoms with Gasteiger partial charge in [0, 0.05) is 13.5 Å². The molecule has 0 aromatic heterocycles. The Kier molecular flexibility index (Phi) is 8.42. The number of hydrogen-bond donors (Lipinski definition) is 2. The Morgan fingerprint density at radius 3 is 2.24 bits per heavy atom. The highest BCUT2D eigenvalue weighted by molar-refractivity contribution is 5.83. The molecule has 0 heterocycles. The number of unbranched alkanes of at least 4 members (excludes halogenated alkanes) is 1. The summed E-state index contributed by atoms with van der Waals surface area (Å²) in [6.45, 7) is 7.17. The molecule has 0 rings (SSSR count). The van der Waals surface area contributed by atoms with Gasteiger partial charge in [-0.1, -0.05) is 0 Å². The van der Waals surface area contributed by atoms with E-state index in [2.05, 4.69) is 15.4 Å². The first kappa shape index (κ1) is 19.2. The Bertz CT molecular complexity index is 363. The molecular weight excluding hydrogens is 276 g/mol. The molecule has 0 bridgehead atoms. The first-order valence-electron chi connectivity index (χ1n) is 6.97. The lowest BCUT2D eigenvalue weighted by Gasteiger charge is -2.19. The topological polar surface area (TPSA) is 93.7 Å². The summed E-state index contributed by atoms with van der Waals surface area (Å²) < 4.78 is 9.71. The predicted molar refractivity (Wildman–Crippen MR) is 77.7 cm³/mol. The summed E-state index contributed by atoms with van der Waals surface area (Å²) in [5.74, 6) is -0.748. The second-order valence-corrected chi connectivity index (χ2v) is 5.70. The highest BCUT2D eigenvalue weighted by Gasteiger charge is 2.19. The molecule has 0 aliphatic heterocycles. The molecule has 0 saturated carbocycles. The third-order valence-electron chi connectivity index (χ3n) is 2.45. The van der Waals surface area contributed by atoms with Gasteiger partial charge in [-0.2, -0.15) is 0 Å². The minimum Gasteiger partial charge on any atom is -0.467 e. The molecule has 0 fully saturated rings. The number of esters is 1. The SMILES string of the molecule is COC(=O)[C@H](CCCCNC(=O)OC(C)(C)C)NC(C)=O. The third kappa shape index (κ3) is 10.6. The van der Waals surface area contributed by atoms with Gasteiger partial charge in [0.1, 0.15) is 11.6 Å². The molecule has 0 radical (unpaired) electrons. The van der Waals surface area contributed by atoms with Crippen LogP contribution >= 0.6 is 0 Å². The Morgan fingerprint density at radius 1 is 1.14 bits per heavy atom. The van der Waals surface area contributed by atoms with Gasteiger partial charge in [-0.25, -0.2) is 9.59 Å². The zero-order chi connectivity index (χ0) is 16.5. The van der Waals surface area contributed by atoms with Gasteiger partial charge in [-0.15, -0.1) is 0 Å². The summed E-state index contributed by atoms with van der Waals surface area (Å²) in [6, 6.07) is -0.644. The minimum absolute atomic E-state index is 0.280. The monoisotopic (exact) mass is 302 g/mol. The molecule has 0 unspecified atom stereocenters. The minimum atomic E-state index is -0.644. The number of ether oxygens (including phenoxy) is 2. The maximum atomic E-state index is 11.4. The smallest absolute Gasteiger partial charge is 0.407 e. The highest BCUT2D eigenvalue weighted by Crippen LogP contribution is 2.07. The molecule has 2 amide bonds. The van der Waals surface area contributed by atoms with Crippen molar-refractivity contribution in [3.8, 4) is 0 Å². The standard InChI is InChI=1S/C14H26N2O5/c1-10(17)16-11(12(18)20-5)8-6-7-9-15-13(19)21-14(2,3)4/h11H,6-9H2,1-5H3,(H,15,19)(H,16,17)/t11-/m0/s1. The molecule has 7 nitrogen and oxygen atoms in total. The molecule has 21 heavy (non-hydrogen) atoms. The molecule has 7 heteroatoms. The Balaban J connectivity index is 3.93. The summed E-state index contributed by atoms with van der Waals surface area (Å²) >= 11 is 0. The Hall–Kier alpha value is -1.79. The zero-order valence-corrected chi connectivity index (χ0v) is 13.4. The van der Waals surface area contributed by atoms with Gasteiger partial charge in [0.05, 0.1) is 7.11 Å². The molecule has 0 aliphatic rings. The van der Waals surface area contributed by atoms with E-state index in [1.807, 2.05) is 0 Å². The van der Waals surface area contributed by atoms with Crippen molar-refractivity contribution in [1.29, 1.82) is 0 Å². The van der Waals surface area contributed by atoms with Crippen molar-refractivity contribution in [3.63, 3.8) is 0 Å². The molecule has 2 N–H and O–H groups in total. The van der Waals surface area contributed by atoms with E-state index in [0.717, 1.165) is 0 Å². The van der Waals surface area contributed by atoms with E-state index in [0.29, 0.717) is 25.8 Å². The van der Waals surface area contributed by atoms with Gasteiger partial charge in [0.2, 0.25) is 5.91 Å². The quantitative estimate of drug-likeness (QED) is 0.547. The van der Waals surface area contributed by atoms with Gasteiger partial charge in [0.15, 0.2) is 0 Å². The molecular formula is C14H26N2O5. The average Bonchev–Trinajstić information content (AvgIpc) is 2.33.